The van der Waals surface area contributed by atoms with Crippen LogP contribution in [-0.2, 0) is 39.0 Å². The van der Waals surface area contributed by atoms with Crippen molar-refractivity contribution in [3.63, 3.8) is 0 Å². The zero-order valence-electron chi connectivity index (χ0n) is 22.0. The molecule has 0 aromatic heterocycles. The van der Waals surface area contributed by atoms with E-state index in [-0.39, 0.29) is 48.6 Å². The fraction of sp³-hybridized carbons (Fsp3) is 0.267. The molecule has 0 fully saturated rings. The highest BCUT2D eigenvalue weighted by molar-refractivity contribution is 7.89. The summed E-state index contributed by atoms with van der Waals surface area (Å²) in [5.74, 6) is -0.952. The molecule has 2 N–H and O–H groups in total. The van der Waals surface area contributed by atoms with E-state index >= 15 is 0 Å². The Balaban J connectivity index is 1.85. The number of benzene rings is 3. The number of rotatable bonds is 14. The van der Waals surface area contributed by atoms with Gasteiger partial charge in [-0.15, -0.1) is 6.58 Å². The molecule has 9 heteroatoms. The van der Waals surface area contributed by atoms with Crippen LogP contribution in [0.1, 0.15) is 30.0 Å². The van der Waals surface area contributed by atoms with Crippen molar-refractivity contribution >= 4 is 21.8 Å². The molecular weight excluding hydrogens is 517 g/mol. The monoisotopic (exact) mass is 551 g/mol. The van der Waals surface area contributed by atoms with E-state index in [0.717, 1.165) is 11.1 Å². The van der Waals surface area contributed by atoms with E-state index < -0.39 is 16.1 Å². The van der Waals surface area contributed by atoms with Gasteiger partial charge in [-0.3, -0.25) is 9.59 Å². The first-order chi connectivity index (χ1) is 18.7. The number of hydrogen-bond acceptors (Lipinski definition) is 4. The van der Waals surface area contributed by atoms with Crippen LogP contribution in [0.15, 0.2) is 96.4 Å². The zero-order chi connectivity index (χ0) is 28.3. The first kappa shape index (κ1) is 29.7. The first-order valence-electron chi connectivity index (χ1n) is 12.8. The number of carbonyl (C=O) groups excluding carboxylic acids is 2. The van der Waals surface area contributed by atoms with E-state index in [1.165, 1.54) is 29.2 Å². The average molecular weight is 552 g/mol. The molecular formula is C30H34FN3O4S. The molecule has 39 heavy (non-hydrogen) atoms. The minimum absolute atomic E-state index is 0.0977. The van der Waals surface area contributed by atoms with Gasteiger partial charge in [0.05, 0.1) is 4.90 Å². The Morgan fingerprint density at radius 3 is 2.21 bits per heavy atom. The van der Waals surface area contributed by atoms with E-state index in [0.29, 0.717) is 18.4 Å². The number of sulfonamides is 1. The SMILES string of the molecule is C=CCNC(=O)[C@@H](Cc1ccccc1)N(Cc1ccc(F)cc1)C(=O)CCc1ccc(S(=O)(=O)NCC)cc1. The lowest BCUT2D eigenvalue weighted by Crippen LogP contribution is -2.50. The number of hydrogen-bond donors (Lipinski definition) is 2. The molecule has 3 aromatic rings. The summed E-state index contributed by atoms with van der Waals surface area (Å²) in [6, 6.07) is 20.8. The molecule has 0 bridgehead atoms. The third kappa shape index (κ3) is 8.87. The van der Waals surface area contributed by atoms with Gasteiger partial charge in [-0.25, -0.2) is 17.5 Å². The van der Waals surface area contributed by atoms with Crippen LogP contribution in [0.4, 0.5) is 4.39 Å². The zero-order valence-corrected chi connectivity index (χ0v) is 22.8. The van der Waals surface area contributed by atoms with Gasteiger partial charge in [0.15, 0.2) is 0 Å². The lowest BCUT2D eigenvalue weighted by molar-refractivity contribution is -0.141. The van der Waals surface area contributed by atoms with Crippen molar-refractivity contribution in [3.8, 4) is 0 Å². The molecule has 7 nitrogen and oxygen atoms in total. The quantitative estimate of drug-likeness (QED) is 0.296. The van der Waals surface area contributed by atoms with Crippen molar-refractivity contribution in [3.05, 3.63) is 114 Å². The van der Waals surface area contributed by atoms with Crippen molar-refractivity contribution in [1.29, 1.82) is 0 Å². The number of nitrogens with zero attached hydrogens (tertiary/aromatic N) is 1. The van der Waals surface area contributed by atoms with Gasteiger partial charge in [0.1, 0.15) is 11.9 Å². The smallest absolute Gasteiger partial charge is 0.243 e. The highest BCUT2D eigenvalue weighted by Crippen LogP contribution is 2.18. The predicted molar refractivity (Wildman–Crippen MR) is 150 cm³/mol. The largest absolute Gasteiger partial charge is 0.351 e. The van der Waals surface area contributed by atoms with Crippen molar-refractivity contribution in [1.82, 2.24) is 14.9 Å². The van der Waals surface area contributed by atoms with Gasteiger partial charge in [-0.05, 0) is 47.4 Å². The summed E-state index contributed by atoms with van der Waals surface area (Å²) in [6.45, 7) is 6.02. The third-order valence-corrected chi connectivity index (χ3v) is 7.71. The highest BCUT2D eigenvalue weighted by atomic mass is 32.2. The van der Waals surface area contributed by atoms with Crippen LogP contribution < -0.4 is 10.0 Å². The second-order valence-electron chi connectivity index (χ2n) is 9.03. The van der Waals surface area contributed by atoms with Crippen LogP contribution in [-0.4, -0.2) is 44.3 Å². The average Bonchev–Trinajstić information content (AvgIpc) is 2.94. The minimum Gasteiger partial charge on any atom is -0.351 e. The minimum atomic E-state index is -3.57. The Kier molecular flexibility index (Phi) is 11.0. The summed E-state index contributed by atoms with van der Waals surface area (Å²) in [6.07, 6.45) is 2.32. The second-order valence-corrected chi connectivity index (χ2v) is 10.8. The van der Waals surface area contributed by atoms with Gasteiger partial charge in [-0.1, -0.05) is 67.6 Å². The van der Waals surface area contributed by atoms with Crippen LogP contribution >= 0.6 is 0 Å². The summed E-state index contributed by atoms with van der Waals surface area (Å²) >= 11 is 0. The molecule has 0 saturated carbocycles. The van der Waals surface area contributed by atoms with Crippen LogP contribution in [0.25, 0.3) is 0 Å². The molecule has 0 spiro atoms. The van der Waals surface area contributed by atoms with Crippen molar-refractivity contribution in [2.24, 2.45) is 0 Å². The highest BCUT2D eigenvalue weighted by Gasteiger charge is 2.30. The van der Waals surface area contributed by atoms with Crippen LogP contribution in [0, 0.1) is 5.82 Å². The van der Waals surface area contributed by atoms with Crippen molar-refractivity contribution in [2.45, 2.75) is 43.7 Å². The molecule has 0 radical (unpaired) electrons. The Morgan fingerprint density at radius 1 is 0.949 bits per heavy atom. The Bertz CT molecular complexity index is 1350. The maximum absolute atomic E-state index is 13.7. The number of halogens is 1. The molecule has 1 atom stereocenters. The Hall–Kier alpha value is -3.82. The van der Waals surface area contributed by atoms with Gasteiger partial charge in [0, 0.05) is 32.5 Å². The van der Waals surface area contributed by atoms with Crippen LogP contribution in [0.5, 0.6) is 0 Å². The molecule has 0 heterocycles. The normalized spacial score (nSPS) is 11.9. The molecule has 2 amide bonds. The summed E-state index contributed by atoms with van der Waals surface area (Å²) in [5.41, 5.74) is 2.37. The van der Waals surface area contributed by atoms with E-state index in [9.17, 15) is 22.4 Å². The van der Waals surface area contributed by atoms with Gasteiger partial charge in [0.2, 0.25) is 21.8 Å². The summed E-state index contributed by atoms with van der Waals surface area (Å²) < 4.78 is 40.4. The topological polar surface area (TPSA) is 95.6 Å². The molecule has 206 valence electrons. The van der Waals surface area contributed by atoms with Crippen molar-refractivity contribution < 1.29 is 22.4 Å². The van der Waals surface area contributed by atoms with E-state index in [1.807, 2.05) is 30.3 Å². The van der Waals surface area contributed by atoms with E-state index in [4.69, 9.17) is 0 Å². The third-order valence-electron chi connectivity index (χ3n) is 6.15. The van der Waals surface area contributed by atoms with Crippen LogP contribution in [0.3, 0.4) is 0 Å². The lowest BCUT2D eigenvalue weighted by Gasteiger charge is -2.31. The van der Waals surface area contributed by atoms with E-state index in [1.54, 1.807) is 37.3 Å². The fourth-order valence-corrected chi connectivity index (χ4v) is 5.18. The predicted octanol–water partition coefficient (Wildman–Crippen LogP) is 4.00. The summed E-state index contributed by atoms with van der Waals surface area (Å²) in [7, 11) is -3.57. The number of amides is 2. The molecule has 3 rings (SSSR count). The number of nitrogens with one attached hydrogen (secondary N) is 2. The van der Waals surface area contributed by atoms with Crippen LogP contribution in [0.2, 0.25) is 0 Å². The molecule has 0 unspecified atom stereocenters. The maximum Gasteiger partial charge on any atom is 0.243 e. The maximum atomic E-state index is 13.7. The Morgan fingerprint density at radius 2 is 1.59 bits per heavy atom. The standard InChI is InChI=1S/C30H34FN3O4S/c1-3-20-32-30(36)28(21-24-8-6-5-7-9-24)34(22-25-10-15-26(31)16-11-25)29(35)19-14-23-12-17-27(18-13-23)39(37,38)33-4-2/h3,5-13,15-18,28,33H,1,4,14,19-22H2,2H3,(H,32,36)/t28-/m1/s1. The lowest BCUT2D eigenvalue weighted by atomic mass is 10.0. The van der Waals surface area contributed by atoms with Gasteiger partial charge in [-0.2, -0.15) is 0 Å². The molecule has 0 aliphatic rings. The summed E-state index contributed by atoms with van der Waals surface area (Å²) in [5, 5.41) is 2.81. The Labute approximate surface area is 229 Å². The van der Waals surface area contributed by atoms with Gasteiger partial charge in [0.25, 0.3) is 0 Å². The van der Waals surface area contributed by atoms with E-state index in [2.05, 4.69) is 16.6 Å². The molecule has 0 saturated heterocycles. The second kappa shape index (κ2) is 14.4. The van der Waals surface area contributed by atoms with Crippen molar-refractivity contribution in [2.75, 3.05) is 13.1 Å². The van der Waals surface area contributed by atoms with Gasteiger partial charge < -0.3 is 10.2 Å². The molecule has 0 aliphatic carbocycles. The number of aryl methyl sites for hydroxylation is 1. The number of carbonyl (C=O) groups is 2. The van der Waals surface area contributed by atoms with Gasteiger partial charge >= 0.3 is 0 Å². The summed E-state index contributed by atoms with van der Waals surface area (Å²) in [4.78, 5) is 28.6. The molecule has 3 aromatic carbocycles. The molecule has 0 aliphatic heterocycles. The fourth-order valence-electron chi connectivity index (χ4n) is 4.13. The first-order valence-corrected chi connectivity index (χ1v) is 14.3.